The predicted molar refractivity (Wildman–Crippen MR) is 78.4 cm³/mol. The molecule has 20 heavy (non-hydrogen) atoms. The van der Waals surface area contributed by atoms with Crippen molar-refractivity contribution in [2.75, 3.05) is 0 Å². The number of pyridine rings is 1. The van der Waals surface area contributed by atoms with Crippen molar-refractivity contribution in [2.24, 2.45) is 5.16 Å². The predicted octanol–water partition coefficient (Wildman–Crippen LogP) is 3.56. The average Bonchev–Trinajstić information content (AvgIpc) is 2.48. The summed E-state index contributed by atoms with van der Waals surface area (Å²) >= 11 is 0. The fourth-order valence-electron chi connectivity index (χ4n) is 1.91. The highest BCUT2D eigenvalue weighted by atomic mass is 16.5. The standard InChI is InChI=1S/C16H18N2O2/c1-3-16(18-19)13-7-9-15(10-8-13)20-11-14-6-4-5-12(2)17-14/h4-10,19H,3,11H2,1-2H3. The maximum absolute atomic E-state index is 8.88. The first-order valence-corrected chi connectivity index (χ1v) is 6.59. The lowest BCUT2D eigenvalue weighted by Crippen LogP contribution is -2.01. The fraction of sp³-hybridized carbons (Fsp3) is 0.250. The van der Waals surface area contributed by atoms with Gasteiger partial charge in [0.25, 0.3) is 0 Å². The van der Waals surface area contributed by atoms with Gasteiger partial charge in [-0.15, -0.1) is 0 Å². The van der Waals surface area contributed by atoms with E-state index in [2.05, 4.69) is 10.1 Å². The first-order valence-electron chi connectivity index (χ1n) is 6.59. The van der Waals surface area contributed by atoms with Crippen molar-refractivity contribution in [2.45, 2.75) is 26.9 Å². The molecule has 0 fully saturated rings. The summed E-state index contributed by atoms with van der Waals surface area (Å²) in [5.41, 5.74) is 3.45. The molecule has 1 aromatic carbocycles. The van der Waals surface area contributed by atoms with Gasteiger partial charge in [0, 0.05) is 5.69 Å². The molecule has 0 atom stereocenters. The second-order valence-corrected chi connectivity index (χ2v) is 4.48. The normalized spacial score (nSPS) is 11.4. The van der Waals surface area contributed by atoms with Crippen molar-refractivity contribution in [3.05, 3.63) is 59.4 Å². The lowest BCUT2D eigenvalue weighted by molar-refractivity contribution is 0.301. The molecule has 0 aliphatic heterocycles. The van der Waals surface area contributed by atoms with E-state index in [1.807, 2.05) is 56.3 Å². The summed E-state index contributed by atoms with van der Waals surface area (Å²) < 4.78 is 5.68. The van der Waals surface area contributed by atoms with Crippen LogP contribution in [0.5, 0.6) is 5.75 Å². The first-order chi connectivity index (χ1) is 9.72. The third kappa shape index (κ3) is 3.57. The molecule has 1 heterocycles. The van der Waals surface area contributed by atoms with Crippen molar-refractivity contribution >= 4 is 5.71 Å². The molecule has 0 aliphatic carbocycles. The molecule has 0 bridgehead atoms. The van der Waals surface area contributed by atoms with E-state index in [0.29, 0.717) is 18.7 Å². The van der Waals surface area contributed by atoms with Gasteiger partial charge in [0.1, 0.15) is 12.4 Å². The molecule has 104 valence electrons. The van der Waals surface area contributed by atoms with Gasteiger partial charge in [-0.05, 0) is 55.3 Å². The number of hydrogen-bond acceptors (Lipinski definition) is 4. The van der Waals surface area contributed by atoms with Crippen LogP contribution in [0.25, 0.3) is 0 Å². The monoisotopic (exact) mass is 270 g/mol. The molecule has 0 unspecified atom stereocenters. The minimum atomic E-state index is 0.440. The largest absolute Gasteiger partial charge is 0.487 e. The van der Waals surface area contributed by atoms with Crippen molar-refractivity contribution in [1.29, 1.82) is 0 Å². The van der Waals surface area contributed by atoms with Crippen LogP contribution in [-0.4, -0.2) is 15.9 Å². The first kappa shape index (κ1) is 14.1. The Labute approximate surface area is 118 Å². The number of oxime groups is 1. The van der Waals surface area contributed by atoms with E-state index in [1.54, 1.807) is 0 Å². The van der Waals surface area contributed by atoms with Crippen LogP contribution < -0.4 is 4.74 Å². The lowest BCUT2D eigenvalue weighted by Gasteiger charge is -2.07. The van der Waals surface area contributed by atoms with Crippen LogP contribution in [0.2, 0.25) is 0 Å². The summed E-state index contributed by atoms with van der Waals surface area (Å²) in [4.78, 5) is 4.38. The molecule has 0 saturated carbocycles. The van der Waals surface area contributed by atoms with E-state index in [4.69, 9.17) is 9.94 Å². The molecule has 2 rings (SSSR count). The van der Waals surface area contributed by atoms with Gasteiger partial charge in [-0.1, -0.05) is 18.1 Å². The molecule has 2 aromatic rings. The van der Waals surface area contributed by atoms with Gasteiger partial charge in [-0.3, -0.25) is 4.98 Å². The minimum absolute atomic E-state index is 0.440. The smallest absolute Gasteiger partial charge is 0.130 e. The van der Waals surface area contributed by atoms with E-state index in [1.165, 1.54) is 0 Å². The Balaban J connectivity index is 2.01. The Morgan fingerprint density at radius 3 is 2.55 bits per heavy atom. The third-order valence-electron chi connectivity index (χ3n) is 2.98. The SMILES string of the molecule is CCC(=NO)c1ccc(OCc2cccc(C)n2)cc1. The maximum atomic E-state index is 8.88. The molecule has 4 heteroatoms. The summed E-state index contributed by atoms with van der Waals surface area (Å²) in [5, 5.41) is 12.2. The zero-order chi connectivity index (χ0) is 14.4. The Kier molecular flexibility index (Phi) is 4.71. The van der Waals surface area contributed by atoms with Crippen LogP contribution in [0.3, 0.4) is 0 Å². The van der Waals surface area contributed by atoms with Crippen LogP contribution in [-0.2, 0) is 6.61 Å². The lowest BCUT2D eigenvalue weighted by atomic mass is 10.1. The van der Waals surface area contributed by atoms with Crippen LogP contribution in [0.1, 0.15) is 30.3 Å². The van der Waals surface area contributed by atoms with E-state index in [0.717, 1.165) is 22.7 Å². The second-order valence-electron chi connectivity index (χ2n) is 4.48. The number of aromatic nitrogens is 1. The van der Waals surface area contributed by atoms with Crippen LogP contribution in [0, 0.1) is 6.92 Å². The molecule has 0 radical (unpaired) electrons. The molecule has 0 spiro atoms. The number of nitrogens with zero attached hydrogens (tertiary/aromatic N) is 2. The summed E-state index contributed by atoms with van der Waals surface area (Å²) in [7, 11) is 0. The Morgan fingerprint density at radius 2 is 1.95 bits per heavy atom. The number of rotatable bonds is 5. The second kappa shape index (κ2) is 6.70. The van der Waals surface area contributed by atoms with Gasteiger partial charge in [0.2, 0.25) is 0 Å². The molecular weight excluding hydrogens is 252 g/mol. The van der Waals surface area contributed by atoms with Gasteiger partial charge in [-0.2, -0.15) is 0 Å². The molecule has 0 amide bonds. The molecule has 1 aromatic heterocycles. The number of aryl methyl sites for hydroxylation is 1. The molecular formula is C16H18N2O2. The Hall–Kier alpha value is -2.36. The number of benzene rings is 1. The quantitative estimate of drug-likeness (QED) is 0.513. The molecule has 1 N–H and O–H groups in total. The zero-order valence-corrected chi connectivity index (χ0v) is 11.7. The van der Waals surface area contributed by atoms with Gasteiger partial charge in [0.15, 0.2) is 0 Å². The highest BCUT2D eigenvalue weighted by molar-refractivity contribution is 6.00. The van der Waals surface area contributed by atoms with E-state index in [-0.39, 0.29) is 0 Å². The zero-order valence-electron chi connectivity index (χ0n) is 11.7. The Bertz CT molecular complexity index is 592. The minimum Gasteiger partial charge on any atom is -0.487 e. The summed E-state index contributed by atoms with van der Waals surface area (Å²) in [6.45, 7) is 4.34. The summed E-state index contributed by atoms with van der Waals surface area (Å²) in [6.07, 6.45) is 0.684. The van der Waals surface area contributed by atoms with E-state index < -0.39 is 0 Å². The Morgan fingerprint density at radius 1 is 1.20 bits per heavy atom. The van der Waals surface area contributed by atoms with Crippen molar-refractivity contribution in [3.8, 4) is 5.75 Å². The van der Waals surface area contributed by atoms with E-state index in [9.17, 15) is 0 Å². The summed E-state index contributed by atoms with van der Waals surface area (Å²) in [5.74, 6) is 0.769. The molecule has 4 nitrogen and oxygen atoms in total. The van der Waals surface area contributed by atoms with Gasteiger partial charge in [0.05, 0.1) is 11.4 Å². The third-order valence-corrected chi connectivity index (χ3v) is 2.98. The average molecular weight is 270 g/mol. The van der Waals surface area contributed by atoms with Crippen LogP contribution in [0.15, 0.2) is 47.6 Å². The van der Waals surface area contributed by atoms with Gasteiger partial charge in [-0.25, -0.2) is 0 Å². The number of hydrogen-bond donors (Lipinski definition) is 1. The topological polar surface area (TPSA) is 54.7 Å². The van der Waals surface area contributed by atoms with Crippen molar-refractivity contribution in [3.63, 3.8) is 0 Å². The van der Waals surface area contributed by atoms with Crippen molar-refractivity contribution in [1.82, 2.24) is 4.98 Å². The molecule has 0 saturated heterocycles. The van der Waals surface area contributed by atoms with Gasteiger partial charge < -0.3 is 9.94 Å². The van der Waals surface area contributed by atoms with Crippen LogP contribution >= 0.6 is 0 Å². The van der Waals surface area contributed by atoms with Gasteiger partial charge >= 0.3 is 0 Å². The molecule has 0 aliphatic rings. The van der Waals surface area contributed by atoms with Crippen molar-refractivity contribution < 1.29 is 9.94 Å². The fourth-order valence-corrected chi connectivity index (χ4v) is 1.91. The maximum Gasteiger partial charge on any atom is 0.130 e. The highest BCUT2D eigenvalue weighted by Gasteiger charge is 2.03. The highest BCUT2D eigenvalue weighted by Crippen LogP contribution is 2.15. The summed E-state index contributed by atoms with van der Waals surface area (Å²) in [6, 6.07) is 13.4. The van der Waals surface area contributed by atoms with E-state index >= 15 is 0 Å². The number of ether oxygens (including phenoxy) is 1. The van der Waals surface area contributed by atoms with Crippen LogP contribution in [0.4, 0.5) is 0 Å².